The van der Waals surface area contributed by atoms with Crippen LogP contribution in [0.4, 0.5) is 0 Å². The molecule has 14 heavy (non-hydrogen) atoms. The zero-order valence-corrected chi connectivity index (χ0v) is 9.61. The average molecular weight is 282 g/mol. The van der Waals surface area contributed by atoms with Crippen LogP contribution in [0.25, 0.3) is 0 Å². The van der Waals surface area contributed by atoms with E-state index in [0.29, 0.717) is 17.3 Å². The van der Waals surface area contributed by atoms with Crippen molar-refractivity contribution in [2.45, 2.75) is 18.6 Å². The summed E-state index contributed by atoms with van der Waals surface area (Å²) in [6.45, 7) is 0. The highest BCUT2D eigenvalue weighted by atomic mass is 79.9. The number of nitrogens with zero attached hydrogens (tertiary/aromatic N) is 2. The van der Waals surface area contributed by atoms with E-state index in [9.17, 15) is 10.2 Å². The molecule has 0 spiro atoms. The minimum Gasteiger partial charge on any atom is -0.390 e. The summed E-state index contributed by atoms with van der Waals surface area (Å²) in [6.07, 6.45) is 1.22. The lowest BCUT2D eigenvalue weighted by atomic mass is 10.1. The van der Waals surface area contributed by atoms with Gasteiger partial charge in [0.05, 0.1) is 6.10 Å². The lowest BCUT2D eigenvalue weighted by Gasteiger charge is -2.17. The van der Waals surface area contributed by atoms with Crippen molar-refractivity contribution in [1.82, 2.24) is 9.97 Å². The third-order valence-corrected chi connectivity index (χ3v) is 2.55. The molecular weight excluding hydrogens is 271 g/mol. The molecule has 1 aromatic heterocycles. The molecule has 0 aliphatic carbocycles. The summed E-state index contributed by atoms with van der Waals surface area (Å²) in [5.41, 5.74) is 0.350. The predicted octanol–water partition coefficient (Wildman–Crippen LogP) is 1.31. The second kappa shape index (κ2) is 5.60. The number of halogens is 2. The molecule has 0 radical (unpaired) electrons. The predicted molar refractivity (Wildman–Crippen MR) is 56.4 cm³/mol. The third kappa shape index (κ3) is 2.88. The fraction of sp³-hybridized carbons (Fsp3) is 0.500. The van der Waals surface area contributed by atoms with Gasteiger partial charge in [-0.05, 0) is 6.42 Å². The molecule has 0 amide bonds. The number of hydrogen-bond acceptors (Lipinski definition) is 4. The highest BCUT2D eigenvalue weighted by Crippen LogP contribution is 2.23. The van der Waals surface area contributed by atoms with Crippen LogP contribution in [0.2, 0.25) is 5.15 Å². The third-order valence-electron chi connectivity index (χ3n) is 1.78. The molecule has 1 rings (SSSR count). The summed E-state index contributed by atoms with van der Waals surface area (Å²) in [6, 6.07) is 0. The zero-order chi connectivity index (χ0) is 10.6. The Morgan fingerprint density at radius 1 is 1.50 bits per heavy atom. The van der Waals surface area contributed by atoms with Crippen molar-refractivity contribution >= 4 is 27.5 Å². The zero-order valence-electron chi connectivity index (χ0n) is 7.27. The fourth-order valence-electron chi connectivity index (χ4n) is 1.00. The average Bonchev–Trinajstić information content (AvgIpc) is 2.18. The summed E-state index contributed by atoms with van der Waals surface area (Å²) < 4.78 is 0. The lowest BCUT2D eigenvalue weighted by molar-refractivity contribution is 0.0170. The molecule has 0 aliphatic heterocycles. The molecule has 0 saturated carbocycles. The van der Waals surface area contributed by atoms with E-state index in [4.69, 9.17) is 11.6 Å². The molecule has 1 heterocycles. The molecule has 0 aliphatic rings. The summed E-state index contributed by atoms with van der Waals surface area (Å²) >= 11 is 8.90. The van der Waals surface area contributed by atoms with Gasteiger partial charge in [-0.25, -0.2) is 9.97 Å². The van der Waals surface area contributed by atoms with Crippen molar-refractivity contribution in [3.8, 4) is 0 Å². The van der Waals surface area contributed by atoms with Crippen LogP contribution in [-0.4, -0.2) is 31.6 Å². The van der Waals surface area contributed by atoms with Gasteiger partial charge in [-0.2, -0.15) is 0 Å². The molecule has 1 aromatic rings. The number of aliphatic hydroxyl groups excluding tert-OH is 2. The molecule has 4 nitrogen and oxygen atoms in total. The highest BCUT2D eigenvalue weighted by Gasteiger charge is 2.20. The van der Waals surface area contributed by atoms with Gasteiger partial charge in [-0.1, -0.05) is 27.5 Å². The first-order valence-corrected chi connectivity index (χ1v) is 5.54. The van der Waals surface area contributed by atoms with Gasteiger partial charge in [-0.3, -0.25) is 0 Å². The number of alkyl halides is 1. The van der Waals surface area contributed by atoms with E-state index < -0.39 is 12.2 Å². The van der Waals surface area contributed by atoms with Gasteiger partial charge in [0.1, 0.15) is 17.6 Å². The lowest BCUT2D eigenvalue weighted by Crippen LogP contribution is -2.19. The number of aliphatic hydroxyl groups is 2. The van der Waals surface area contributed by atoms with E-state index in [1.54, 1.807) is 0 Å². The smallest absolute Gasteiger partial charge is 0.138 e. The molecular formula is C8H10BrClN2O2. The Hall–Kier alpha value is -0.230. The van der Waals surface area contributed by atoms with Crippen molar-refractivity contribution in [1.29, 1.82) is 0 Å². The van der Waals surface area contributed by atoms with Crippen LogP contribution in [0.5, 0.6) is 0 Å². The maximum Gasteiger partial charge on any atom is 0.138 e. The second-order valence-electron chi connectivity index (χ2n) is 2.76. The van der Waals surface area contributed by atoms with E-state index in [1.165, 1.54) is 12.5 Å². The first kappa shape index (κ1) is 11.8. The summed E-state index contributed by atoms with van der Waals surface area (Å²) in [5, 5.41) is 19.9. The van der Waals surface area contributed by atoms with Gasteiger partial charge >= 0.3 is 0 Å². The van der Waals surface area contributed by atoms with Crippen LogP contribution in [-0.2, 0) is 0 Å². The second-order valence-corrected chi connectivity index (χ2v) is 3.91. The van der Waals surface area contributed by atoms with Crippen LogP contribution in [0.3, 0.4) is 0 Å². The van der Waals surface area contributed by atoms with Crippen molar-refractivity contribution in [3.63, 3.8) is 0 Å². The molecule has 2 atom stereocenters. The van der Waals surface area contributed by atoms with Crippen molar-refractivity contribution in [2.24, 2.45) is 0 Å². The van der Waals surface area contributed by atoms with Crippen LogP contribution in [0.15, 0.2) is 12.5 Å². The Morgan fingerprint density at radius 2 is 2.21 bits per heavy atom. The number of rotatable bonds is 4. The monoisotopic (exact) mass is 280 g/mol. The normalized spacial score (nSPS) is 15.1. The number of hydrogen-bond donors (Lipinski definition) is 2. The van der Waals surface area contributed by atoms with E-state index in [-0.39, 0.29) is 5.15 Å². The van der Waals surface area contributed by atoms with Crippen molar-refractivity contribution in [3.05, 3.63) is 23.2 Å². The molecule has 6 heteroatoms. The van der Waals surface area contributed by atoms with Gasteiger partial charge in [0.15, 0.2) is 0 Å². The quantitative estimate of drug-likeness (QED) is 0.645. The Morgan fingerprint density at radius 3 is 2.79 bits per heavy atom. The molecule has 0 aromatic carbocycles. The first-order chi connectivity index (χ1) is 6.66. The van der Waals surface area contributed by atoms with Crippen LogP contribution < -0.4 is 0 Å². The molecule has 0 saturated heterocycles. The summed E-state index contributed by atoms with van der Waals surface area (Å²) in [5.74, 6) is 0. The van der Waals surface area contributed by atoms with Crippen LogP contribution in [0.1, 0.15) is 18.1 Å². The fourth-order valence-corrected chi connectivity index (χ4v) is 1.67. The van der Waals surface area contributed by atoms with Gasteiger partial charge in [0.2, 0.25) is 0 Å². The van der Waals surface area contributed by atoms with E-state index in [2.05, 4.69) is 25.9 Å². The highest BCUT2D eigenvalue weighted by molar-refractivity contribution is 9.09. The Labute approximate surface area is 95.1 Å². The summed E-state index contributed by atoms with van der Waals surface area (Å²) in [4.78, 5) is 7.44. The van der Waals surface area contributed by atoms with E-state index >= 15 is 0 Å². The molecule has 78 valence electrons. The minimum atomic E-state index is -1.04. The first-order valence-electron chi connectivity index (χ1n) is 4.04. The van der Waals surface area contributed by atoms with Gasteiger partial charge in [0, 0.05) is 17.1 Å². The minimum absolute atomic E-state index is 0.168. The largest absolute Gasteiger partial charge is 0.390 e. The van der Waals surface area contributed by atoms with Crippen LogP contribution in [0, 0.1) is 0 Å². The maximum absolute atomic E-state index is 9.67. The van der Waals surface area contributed by atoms with Gasteiger partial charge in [0.25, 0.3) is 0 Å². The van der Waals surface area contributed by atoms with Crippen LogP contribution >= 0.6 is 27.5 Å². The molecule has 2 unspecified atom stereocenters. The van der Waals surface area contributed by atoms with E-state index in [1.807, 2.05) is 0 Å². The van der Waals surface area contributed by atoms with Crippen molar-refractivity contribution < 1.29 is 10.2 Å². The van der Waals surface area contributed by atoms with E-state index in [0.717, 1.165) is 0 Å². The molecule has 2 N–H and O–H groups in total. The van der Waals surface area contributed by atoms with Gasteiger partial charge in [-0.15, -0.1) is 0 Å². The molecule has 0 fully saturated rings. The Kier molecular flexibility index (Phi) is 4.74. The van der Waals surface area contributed by atoms with Crippen molar-refractivity contribution in [2.75, 3.05) is 5.33 Å². The van der Waals surface area contributed by atoms with Gasteiger partial charge < -0.3 is 10.2 Å². The standard InChI is InChI=1S/C8H10BrClN2O2/c9-2-1-6(13)7(14)5-3-11-4-12-8(5)10/h3-4,6-7,13-14H,1-2H2. The topological polar surface area (TPSA) is 66.2 Å². The summed E-state index contributed by atoms with van der Waals surface area (Å²) in [7, 11) is 0. The molecule has 0 bridgehead atoms. The SMILES string of the molecule is OC(CCBr)C(O)c1cncnc1Cl. The maximum atomic E-state index is 9.67. The Balaban J connectivity index is 2.78. The Bertz CT molecular complexity index is 300. The number of aromatic nitrogens is 2.